The highest BCUT2D eigenvalue weighted by Gasteiger charge is 2.21. The van der Waals surface area contributed by atoms with E-state index in [1.165, 1.54) is 0 Å². The van der Waals surface area contributed by atoms with Crippen molar-refractivity contribution in [1.82, 2.24) is 16.2 Å². The molecule has 0 spiro atoms. The summed E-state index contributed by atoms with van der Waals surface area (Å²) >= 11 is 5.10. The second kappa shape index (κ2) is 6.49. The van der Waals surface area contributed by atoms with Crippen LogP contribution in [0.1, 0.15) is 17.2 Å². The number of ether oxygens (including phenoxy) is 1. The Hall–Kier alpha value is -2.53. The summed E-state index contributed by atoms with van der Waals surface area (Å²) in [6.45, 7) is 0. The van der Waals surface area contributed by atoms with Crippen molar-refractivity contribution in [3.63, 3.8) is 0 Å². The van der Waals surface area contributed by atoms with Gasteiger partial charge < -0.3 is 10.1 Å². The predicted octanol–water partition coefficient (Wildman–Crippen LogP) is 2.76. The molecule has 1 aliphatic heterocycles. The van der Waals surface area contributed by atoms with Crippen LogP contribution in [0.4, 0.5) is 0 Å². The Labute approximate surface area is 135 Å². The van der Waals surface area contributed by atoms with Gasteiger partial charge in [-0.2, -0.15) is 0 Å². The Balaban J connectivity index is 1.91. The standard InChI is InChI=1S/C17H17N3OS/c1-18-17(22)20-19-14-11-16(12-7-3-2-4-8-12)21-15-10-6-5-9-13(14)15/h2-11,16,19H,1H3,(H2,18,20,22)/t16-/m0/s1. The van der Waals surface area contributed by atoms with Crippen molar-refractivity contribution in [3.05, 3.63) is 71.8 Å². The fourth-order valence-electron chi connectivity index (χ4n) is 2.31. The van der Waals surface area contributed by atoms with Crippen LogP contribution >= 0.6 is 12.2 Å². The van der Waals surface area contributed by atoms with E-state index in [2.05, 4.69) is 28.3 Å². The van der Waals surface area contributed by atoms with Crippen LogP contribution in [0.5, 0.6) is 5.75 Å². The summed E-state index contributed by atoms with van der Waals surface area (Å²) in [6.07, 6.45) is 1.91. The Bertz CT molecular complexity index is 700. The lowest BCUT2D eigenvalue weighted by Crippen LogP contribution is -2.42. The molecule has 0 fully saturated rings. The van der Waals surface area contributed by atoms with E-state index in [9.17, 15) is 0 Å². The molecule has 1 heterocycles. The smallest absolute Gasteiger partial charge is 0.184 e. The van der Waals surface area contributed by atoms with Gasteiger partial charge in [-0.05, 0) is 36.0 Å². The van der Waals surface area contributed by atoms with Crippen LogP contribution in [-0.2, 0) is 0 Å². The second-order valence-corrected chi connectivity index (χ2v) is 5.26. The van der Waals surface area contributed by atoms with Crippen molar-refractivity contribution in [2.75, 3.05) is 7.05 Å². The molecule has 1 aliphatic rings. The van der Waals surface area contributed by atoms with Crippen molar-refractivity contribution >= 4 is 23.0 Å². The third kappa shape index (κ3) is 3.04. The van der Waals surface area contributed by atoms with E-state index in [4.69, 9.17) is 17.0 Å². The van der Waals surface area contributed by atoms with Crippen LogP contribution in [0.2, 0.25) is 0 Å². The van der Waals surface area contributed by atoms with E-state index < -0.39 is 0 Å². The summed E-state index contributed by atoms with van der Waals surface area (Å²) in [6, 6.07) is 18.1. The minimum absolute atomic E-state index is 0.136. The lowest BCUT2D eigenvalue weighted by molar-refractivity contribution is 0.249. The maximum absolute atomic E-state index is 6.09. The van der Waals surface area contributed by atoms with Gasteiger partial charge in [0.15, 0.2) is 5.11 Å². The maximum Gasteiger partial charge on any atom is 0.184 e. The molecule has 5 heteroatoms. The highest BCUT2D eigenvalue weighted by molar-refractivity contribution is 7.80. The van der Waals surface area contributed by atoms with Gasteiger partial charge in [-0.1, -0.05) is 42.5 Å². The Kier molecular flexibility index (Phi) is 4.25. The molecule has 1 atom stereocenters. The molecule has 2 aromatic rings. The number of benzene rings is 2. The number of hydrogen-bond donors (Lipinski definition) is 3. The minimum atomic E-state index is -0.136. The summed E-state index contributed by atoms with van der Waals surface area (Å²) in [7, 11) is 1.77. The lowest BCUT2D eigenvalue weighted by atomic mass is 10.0. The topological polar surface area (TPSA) is 45.3 Å². The highest BCUT2D eigenvalue weighted by Crippen LogP contribution is 2.35. The van der Waals surface area contributed by atoms with Crippen molar-refractivity contribution in [2.24, 2.45) is 0 Å². The Morgan fingerprint density at radius 1 is 1.05 bits per heavy atom. The number of fused-ring (bicyclic) bond motifs is 1. The number of hydrogen-bond acceptors (Lipinski definition) is 3. The maximum atomic E-state index is 6.09. The van der Waals surface area contributed by atoms with Crippen LogP contribution in [0, 0.1) is 0 Å². The molecule has 0 aromatic heterocycles. The van der Waals surface area contributed by atoms with Gasteiger partial charge in [0.2, 0.25) is 0 Å². The van der Waals surface area contributed by atoms with Crippen LogP contribution in [0.25, 0.3) is 5.70 Å². The zero-order valence-electron chi connectivity index (χ0n) is 12.2. The van der Waals surface area contributed by atoms with Gasteiger partial charge in [-0.15, -0.1) is 0 Å². The average molecular weight is 311 g/mol. The van der Waals surface area contributed by atoms with E-state index in [-0.39, 0.29) is 6.10 Å². The zero-order chi connectivity index (χ0) is 15.4. The molecule has 0 saturated heterocycles. The lowest BCUT2D eigenvalue weighted by Gasteiger charge is -2.26. The molecular formula is C17H17N3OS. The normalized spacial score (nSPS) is 15.9. The third-order valence-corrected chi connectivity index (χ3v) is 3.72. The van der Waals surface area contributed by atoms with Gasteiger partial charge in [0.1, 0.15) is 11.9 Å². The van der Waals surface area contributed by atoms with E-state index in [1.54, 1.807) is 7.05 Å². The van der Waals surface area contributed by atoms with Gasteiger partial charge in [0, 0.05) is 12.6 Å². The summed E-state index contributed by atoms with van der Waals surface area (Å²) in [5, 5.41) is 3.40. The number of hydrazine groups is 1. The molecule has 3 rings (SSSR count). The second-order valence-electron chi connectivity index (χ2n) is 4.85. The molecule has 0 unspecified atom stereocenters. The van der Waals surface area contributed by atoms with E-state index >= 15 is 0 Å². The quantitative estimate of drug-likeness (QED) is 0.601. The van der Waals surface area contributed by atoms with E-state index in [1.807, 2.05) is 48.5 Å². The first-order chi connectivity index (χ1) is 10.8. The minimum Gasteiger partial charge on any atom is -0.481 e. The van der Waals surface area contributed by atoms with Crippen molar-refractivity contribution in [2.45, 2.75) is 6.10 Å². The SMILES string of the molecule is CNC(=S)NNC1=C[C@@H](c2ccccc2)Oc2ccccc21. The molecule has 2 aromatic carbocycles. The van der Waals surface area contributed by atoms with Gasteiger partial charge in [0.05, 0.1) is 5.70 Å². The summed E-state index contributed by atoms with van der Waals surface area (Å²) in [5.74, 6) is 0.846. The molecule has 22 heavy (non-hydrogen) atoms. The van der Waals surface area contributed by atoms with E-state index in [0.717, 1.165) is 22.6 Å². The number of nitrogens with one attached hydrogen (secondary N) is 3. The van der Waals surface area contributed by atoms with Crippen molar-refractivity contribution < 1.29 is 4.74 Å². The number of rotatable bonds is 3. The van der Waals surface area contributed by atoms with E-state index in [0.29, 0.717) is 5.11 Å². The Morgan fingerprint density at radius 3 is 2.55 bits per heavy atom. The number of para-hydroxylation sites is 1. The van der Waals surface area contributed by atoms with Crippen LogP contribution in [0.3, 0.4) is 0 Å². The predicted molar refractivity (Wildman–Crippen MR) is 92.2 cm³/mol. The number of thiocarbonyl (C=S) groups is 1. The zero-order valence-corrected chi connectivity index (χ0v) is 13.0. The van der Waals surface area contributed by atoms with Crippen LogP contribution < -0.4 is 20.9 Å². The first-order valence-electron chi connectivity index (χ1n) is 7.04. The molecule has 0 radical (unpaired) electrons. The largest absolute Gasteiger partial charge is 0.481 e. The molecular weight excluding hydrogens is 294 g/mol. The van der Waals surface area contributed by atoms with Crippen molar-refractivity contribution in [3.8, 4) is 5.75 Å². The summed E-state index contributed by atoms with van der Waals surface area (Å²) in [5.41, 5.74) is 9.16. The fraction of sp³-hybridized carbons (Fsp3) is 0.118. The summed E-state index contributed by atoms with van der Waals surface area (Å²) in [4.78, 5) is 0. The average Bonchev–Trinajstić information content (AvgIpc) is 2.59. The highest BCUT2D eigenvalue weighted by atomic mass is 32.1. The molecule has 0 bridgehead atoms. The third-order valence-electron chi connectivity index (χ3n) is 3.42. The van der Waals surface area contributed by atoms with Crippen LogP contribution in [0.15, 0.2) is 60.7 Å². The molecule has 0 amide bonds. The first kappa shape index (κ1) is 14.4. The summed E-state index contributed by atoms with van der Waals surface area (Å²) < 4.78 is 6.09. The molecule has 3 N–H and O–H groups in total. The molecule has 112 valence electrons. The fourth-order valence-corrected chi connectivity index (χ4v) is 2.36. The van der Waals surface area contributed by atoms with Gasteiger partial charge >= 0.3 is 0 Å². The monoisotopic (exact) mass is 311 g/mol. The molecule has 0 saturated carbocycles. The van der Waals surface area contributed by atoms with Crippen molar-refractivity contribution in [1.29, 1.82) is 0 Å². The molecule has 4 nitrogen and oxygen atoms in total. The van der Waals surface area contributed by atoms with Gasteiger partial charge in [0.25, 0.3) is 0 Å². The Morgan fingerprint density at radius 2 is 1.77 bits per heavy atom. The van der Waals surface area contributed by atoms with Gasteiger partial charge in [-0.3, -0.25) is 10.9 Å². The molecule has 0 aliphatic carbocycles. The first-order valence-corrected chi connectivity index (χ1v) is 7.45. The van der Waals surface area contributed by atoms with Crippen LogP contribution in [-0.4, -0.2) is 12.2 Å². The van der Waals surface area contributed by atoms with Gasteiger partial charge in [-0.25, -0.2) is 0 Å².